The molecule has 1 aliphatic heterocycles. The minimum atomic E-state index is 0.517. The molecule has 0 aromatic heterocycles. The summed E-state index contributed by atoms with van der Waals surface area (Å²) in [5.74, 6) is 0. The first-order chi connectivity index (χ1) is 6.86. The van der Waals surface area contributed by atoms with Crippen LogP contribution in [0.4, 0.5) is 0 Å². The Morgan fingerprint density at radius 2 is 2.14 bits per heavy atom. The van der Waals surface area contributed by atoms with E-state index in [2.05, 4.69) is 16.7 Å². The van der Waals surface area contributed by atoms with Gasteiger partial charge in [-0.2, -0.15) is 0 Å². The molecule has 1 heterocycles. The molecule has 1 aromatic rings. The number of benzene rings is 1. The summed E-state index contributed by atoms with van der Waals surface area (Å²) in [5.41, 5.74) is 1.23. The minimum absolute atomic E-state index is 0.517. The van der Waals surface area contributed by atoms with Crippen molar-refractivity contribution in [3.8, 4) is 0 Å². The third-order valence-electron chi connectivity index (χ3n) is 2.55. The fraction of sp³-hybridized carbons (Fsp3) is 0.455. The van der Waals surface area contributed by atoms with E-state index in [9.17, 15) is 0 Å². The smallest absolute Gasteiger partial charge is 0.0438 e. The van der Waals surface area contributed by atoms with Crippen molar-refractivity contribution in [1.29, 1.82) is 0 Å². The standard InChI is InChI=1S/C11H15ClN2/c12-11-4-2-1-3-9(11)7-10-8-13-5-6-14-10/h1-4,10,13-14H,5-8H2. The highest BCUT2D eigenvalue weighted by Crippen LogP contribution is 2.16. The molecule has 1 atom stereocenters. The average Bonchev–Trinajstić information content (AvgIpc) is 2.23. The van der Waals surface area contributed by atoms with Gasteiger partial charge in [0, 0.05) is 30.7 Å². The molecule has 0 amide bonds. The Kier molecular flexibility index (Phi) is 3.40. The second-order valence-electron chi connectivity index (χ2n) is 3.65. The molecule has 2 rings (SSSR count). The topological polar surface area (TPSA) is 24.1 Å². The number of nitrogens with one attached hydrogen (secondary N) is 2. The highest BCUT2D eigenvalue weighted by atomic mass is 35.5. The third kappa shape index (κ3) is 2.47. The zero-order valence-electron chi connectivity index (χ0n) is 8.09. The van der Waals surface area contributed by atoms with Crippen molar-refractivity contribution in [3.63, 3.8) is 0 Å². The van der Waals surface area contributed by atoms with E-state index in [1.54, 1.807) is 0 Å². The van der Waals surface area contributed by atoms with Crippen LogP contribution in [0.3, 0.4) is 0 Å². The van der Waals surface area contributed by atoms with Crippen LogP contribution in [0.1, 0.15) is 5.56 Å². The molecule has 0 radical (unpaired) electrons. The molecule has 0 aliphatic carbocycles. The normalized spacial score (nSPS) is 22.2. The van der Waals surface area contributed by atoms with Crippen molar-refractivity contribution in [3.05, 3.63) is 34.9 Å². The first kappa shape index (κ1) is 9.97. The van der Waals surface area contributed by atoms with Crippen LogP contribution in [0.15, 0.2) is 24.3 Å². The van der Waals surface area contributed by atoms with Crippen LogP contribution in [0, 0.1) is 0 Å². The maximum Gasteiger partial charge on any atom is 0.0438 e. The van der Waals surface area contributed by atoms with Crippen molar-refractivity contribution < 1.29 is 0 Å². The van der Waals surface area contributed by atoms with Gasteiger partial charge in [0.25, 0.3) is 0 Å². The van der Waals surface area contributed by atoms with Gasteiger partial charge in [-0.15, -0.1) is 0 Å². The van der Waals surface area contributed by atoms with Crippen molar-refractivity contribution in [1.82, 2.24) is 10.6 Å². The Hall–Kier alpha value is -0.570. The Balaban J connectivity index is 1.99. The highest BCUT2D eigenvalue weighted by Gasteiger charge is 2.13. The van der Waals surface area contributed by atoms with Gasteiger partial charge in [0.15, 0.2) is 0 Å². The number of piperazine rings is 1. The molecule has 14 heavy (non-hydrogen) atoms. The van der Waals surface area contributed by atoms with E-state index >= 15 is 0 Å². The maximum atomic E-state index is 6.10. The Labute approximate surface area is 89.7 Å². The van der Waals surface area contributed by atoms with Crippen molar-refractivity contribution in [2.24, 2.45) is 0 Å². The van der Waals surface area contributed by atoms with Crippen molar-refractivity contribution >= 4 is 11.6 Å². The maximum absolute atomic E-state index is 6.10. The predicted molar refractivity (Wildman–Crippen MR) is 59.8 cm³/mol. The molecule has 1 saturated heterocycles. The van der Waals surface area contributed by atoms with Crippen LogP contribution in [0.2, 0.25) is 5.02 Å². The zero-order valence-corrected chi connectivity index (χ0v) is 8.85. The molecule has 0 spiro atoms. The molecule has 1 fully saturated rings. The summed E-state index contributed by atoms with van der Waals surface area (Å²) in [5, 5.41) is 7.72. The van der Waals surface area contributed by atoms with Gasteiger partial charge in [0.1, 0.15) is 0 Å². The first-order valence-corrected chi connectivity index (χ1v) is 5.41. The summed E-state index contributed by atoms with van der Waals surface area (Å²) in [6, 6.07) is 8.57. The lowest BCUT2D eigenvalue weighted by Gasteiger charge is -2.24. The highest BCUT2D eigenvalue weighted by molar-refractivity contribution is 6.31. The Morgan fingerprint density at radius 3 is 2.86 bits per heavy atom. The molecule has 1 aromatic carbocycles. The summed E-state index contributed by atoms with van der Waals surface area (Å²) in [6.45, 7) is 3.15. The van der Waals surface area contributed by atoms with Gasteiger partial charge < -0.3 is 10.6 Å². The summed E-state index contributed by atoms with van der Waals surface area (Å²) in [6.07, 6.45) is 1.01. The van der Waals surface area contributed by atoms with Crippen LogP contribution >= 0.6 is 11.6 Å². The number of hydrogen-bond donors (Lipinski definition) is 2. The molecule has 0 saturated carbocycles. The van der Waals surface area contributed by atoms with Gasteiger partial charge in [0.2, 0.25) is 0 Å². The lowest BCUT2D eigenvalue weighted by Crippen LogP contribution is -2.49. The quantitative estimate of drug-likeness (QED) is 0.772. The van der Waals surface area contributed by atoms with Crippen LogP contribution in [0.5, 0.6) is 0 Å². The number of hydrogen-bond acceptors (Lipinski definition) is 2. The van der Waals surface area contributed by atoms with Crippen LogP contribution in [-0.2, 0) is 6.42 Å². The van der Waals surface area contributed by atoms with E-state index in [0.717, 1.165) is 31.1 Å². The fourth-order valence-corrected chi connectivity index (χ4v) is 2.00. The van der Waals surface area contributed by atoms with Gasteiger partial charge in [-0.05, 0) is 18.1 Å². The number of rotatable bonds is 2. The van der Waals surface area contributed by atoms with E-state index in [4.69, 9.17) is 11.6 Å². The monoisotopic (exact) mass is 210 g/mol. The van der Waals surface area contributed by atoms with E-state index in [0.29, 0.717) is 6.04 Å². The second-order valence-corrected chi connectivity index (χ2v) is 4.06. The molecular formula is C11H15ClN2. The largest absolute Gasteiger partial charge is 0.314 e. The van der Waals surface area contributed by atoms with Gasteiger partial charge in [0.05, 0.1) is 0 Å². The predicted octanol–water partition coefficient (Wildman–Crippen LogP) is 1.44. The lowest BCUT2D eigenvalue weighted by atomic mass is 10.0. The average molecular weight is 211 g/mol. The van der Waals surface area contributed by atoms with Crippen molar-refractivity contribution in [2.45, 2.75) is 12.5 Å². The molecule has 2 N–H and O–H groups in total. The van der Waals surface area contributed by atoms with Gasteiger partial charge in [-0.1, -0.05) is 29.8 Å². The molecule has 76 valence electrons. The van der Waals surface area contributed by atoms with E-state index in [-0.39, 0.29) is 0 Å². The Morgan fingerprint density at radius 1 is 1.29 bits per heavy atom. The zero-order chi connectivity index (χ0) is 9.80. The first-order valence-electron chi connectivity index (χ1n) is 5.04. The SMILES string of the molecule is Clc1ccccc1CC1CNCCN1. The molecule has 2 nitrogen and oxygen atoms in total. The van der Waals surface area contributed by atoms with Gasteiger partial charge in [-0.3, -0.25) is 0 Å². The number of halogens is 1. The summed E-state index contributed by atoms with van der Waals surface area (Å²) >= 11 is 6.10. The molecule has 3 heteroatoms. The summed E-state index contributed by atoms with van der Waals surface area (Å²) in [4.78, 5) is 0. The molecular weight excluding hydrogens is 196 g/mol. The van der Waals surface area contributed by atoms with E-state index in [1.807, 2.05) is 18.2 Å². The van der Waals surface area contributed by atoms with Crippen LogP contribution in [0.25, 0.3) is 0 Å². The fourth-order valence-electron chi connectivity index (χ4n) is 1.79. The molecule has 0 bridgehead atoms. The Bertz CT molecular complexity index is 295. The van der Waals surface area contributed by atoms with Crippen molar-refractivity contribution in [2.75, 3.05) is 19.6 Å². The second kappa shape index (κ2) is 4.78. The summed E-state index contributed by atoms with van der Waals surface area (Å²) < 4.78 is 0. The minimum Gasteiger partial charge on any atom is -0.314 e. The van der Waals surface area contributed by atoms with E-state index < -0.39 is 0 Å². The van der Waals surface area contributed by atoms with Crippen LogP contribution in [-0.4, -0.2) is 25.7 Å². The summed E-state index contributed by atoms with van der Waals surface area (Å²) in [7, 11) is 0. The molecule has 1 unspecified atom stereocenters. The van der Waals surface area contributed by atoms with Gasteiger partial charge in [-0.25, -0.2) is 0 Å². The molecule has 1 aliphatic rings. The lowest BCUT2D eigenvalue weighted by molar-refractivity contribution is 0.417. The van der Waals surface area contributed by atoms with E-state index in [1.165, 1.54) is 5.56 Å². The van der Waals surface area contributed by atoms with Gasteiger partial charge >= 0.3 is 0 Å². The third-order valence-corrected chi connectivity index (χ3v) is 2.92. The van der Waals surface area contributed by atoms with Crippen LogP contribution < -0.4 is 10.6 Å².